The zero-order valence-corrected chi connectivity index (χ0v) is 18.3. The van der Waals surface area contributed by atoms with Gasteiger partial charge < -0.3 is 30.3 Å². The van der Waals surface area contributed by atoms with Gasteiger partial charge in [-0.1, -0.05) is 12.1 Å². The Morgan fingerprint density at radius 1 is 1.10 bits per heavy atom. The quantitative estimate of drug-likeness (QED) is 0.243. The highest BCUT2D eigenvalue weighted by Gasteiger charge is 2.06. The topological polar surface area (TPSA) is 87.2 Å². The van der Waals surface area contributed by atoms with Crippen LogP contribution in [0.25, 0.3) is 0 Å². The van der Waals surface area contributed by atoms with Crippen molar-refractivity contribution in [3.8, 4) is 0 Å². The molecule has 0 fully saturated rings. The molecule has 0 aromatic heterocycles. The van der Waals surface area contributed by atoms with E-state index < -0.39 is 0 Å². The molecular formula is C21H37N5O3. The molecule has 3 N–H and O–H groups in total. The first-order valence-electron chi connectivity index (χ1n) is 10.2. The second-order valence-electron chi connectivity index (χ2n) is 6.84. The zero-order chi connectivity index (χ0) is 21.3. The summed E-state index contributed by atoms with van der Waals surface area (Å²) in [5.74, 6) is 0.696. The fourth-order valence-corrected chi connectivity index (χ4v) is 2.44. The lowest BCUT2D eigenvalue weighted by molar-refractivity contribution is 0.0698. The van der Waals surface area contributed by atoms with Gasteiger partial charge in [0.15, 0.2) is 5.96 Å². The molecule has 1 rings (SSSR count). The number of likely N-dealkylation sites (N-methyl/N-ethyl adjacent to an activating group) is 1. The summed E-state index contributed by atoms with van der Waals surface area (Å²) in [7, 11) is 5.63. The molecular weight excluding hydrogens is 370 g/mol. The Bertz CT molecular complexity index is 608. The Balaban J connectivity index is 2.49. The number of hydrogen-bond donors (Lipinski definition) is 3. The van der Waals surface area contributed by atoms with E-state index in [9.17, 15) is 4.79 Å². The van der Waals surface area contributed by atoms with Crippen LogP contribution in [0.4, 0.5) is 0 Å². The van der Waals surface area contributed by atoms with Crippen molar-refractivity contribution >= 4 is 11.9 Å². The fourth-order valence-electron chi connectivity index (χ4n) is 2.44. The molecule has 0 aliphatic heterocycles. The second-order valence-corrected chi connectivity index (χ2v) is 6.84. The predicted molar refractivity (Wildman–Crippen MR) is 117 cm³/mol. The van der Waals surface area contributed by atoms with Crippen LogP contribution in [0, 0.1) is 0 Å². The molecule has 0 saturated carbocycles. The predicted octanol–water partition coefficient (Wildman–Crippen LogP) is 1.09. The zero-order valence-electron chi connectivity index (χ0n) is 18.3. The van der Waals surface area contributed by atoms with Crippen molar-refractivity contribution in [2.45, 2.75) is 19.9 Å². The Labute approximate surface area is 175 Å². The molecule has 164 valence electrons. The van der Waals surface area contributed by atoms with Crippen LogP contribution in [0.15, 0.2) is 29.3 Å². The molecule has 1 aromatic carbocycles. The summed E-state index contributed by atoms with van der Waals surface area (Å²) in [5.41, 5.74) is 1.65. The molecule has 1 aromatic rings. The molecule has 1 amide bonds. The van der Waals surface area contributed by atoms with Gasteiger partial charge in [-0.3, -0.25) is 4.79 Å². The number of rotatable bonds is 14. The molecule has 0 spiro atoms. The van der Waals surface area contributed by atoms with Gasteiger partial charge in [0.1, 0.15) is 0 Å². The van der Waals surface area contributed by atoms with Crippen LogP contribution in [0.1, 0.15) is 29.3 Å². The number of nitrogens with zero attached hydrogens (tertiary/aromatic N) is 2. The normalized spacial score (nSPS) is 11.6. The number of guanidine groups is 1. The number of hydrogen-bond acceptors (Lipinski definition) is 5. The molecule has 8 heteroatoms. The summed E-state index contributed by atoms with van der Waals surface area (Å²) in [6.45, 7) is 7.43. The third-order valence-corrected chi connectivity index (χ3v) is 3.99. The number of carbonyl (C=O) groups excluding carboxylic acids is 1. The first-order chi connectivity index (χ1) is 14.1. The highest BCUT2D eigenvalue weighted by Crippen LogP contribution is 2.07. The highest BCUT2D eigenvalue weighted by molar-refractivity contribution is 5.94. The minimum atomic E-state index is -0.0591. The molecule has 0 heterocycles. The van der Waals surface area contributed by atoms with Crippen LogP contribution in [0.2, 0.25) is 0 Å². The molecule has 0 atom stereocenters. The van der Waals surface area contributed by atoms with E-state index in [1.165, 1.54) is 0 Å². The van der Waals surface area contributed by atoms with Crippen LogP contribution in [0.5, 0.6) is 0 Å². The van der Waals surface area contributed by atoms with Gasteiger partial charge in [-0.05, 0) is 45.1 Å². The van der Waals surface area contributed by atoms with Gasteiger partial charge in [-0.15, -0.1) is 0 Å². The van der Waals surface area contributed by atoms with Gasteiger partial charge in [-0.2, -0.15) is 0 Å². The highest BCUT2D eigenvalue weighted by atomic mass is 16.5. The minimum Gasteiger partial charge on any atom is -0.382 e. The summed E-state index contributed by atoms with van der Waals surface area (Å²) >= 11 is 0. The lowest BCUT2D eigenvalue weighted by Gasteiger charge is -2.12. The maximum atomic E-state index is 12.3. The van der Waals surface area contributed by atoms with E-state index in [1.807, 2.05) is 50.2 Å². The van der Waals surface area contributed by atoms with Crippen LogP contribution in [-0.2, 0) is 16.0 Å². The van der Waals surface area contributed by atoms with Crippen molar-refractivity contribution in [2.24, 2.45) is 4.99 Å². The number of amides is 1. The first-order valence-corrected chi connectivity index (χ1v) is 10.2. The van der Waals surface area contributed by atoms with Gasteiger partial charge in [0, 0.05) is 45.5 Å². The van der Waals surface area contributed by atoms with E-state index in [-0.39, 0.29) is 5.91 Å². The van der Waals surface area contributed by atoms with E-state index in [4.69, 9.17) is 9.47 Å². The van der Waals surface area contributed by atoms with E-state index >= 15 is 0 Å². The molecule has 0 radical (unpaired) electrons. The fraction of sp³-hybridized carbons (Fsp3) is 0.619. The summed E-state index contributed by atoms with van der Waals surface area (Å²) in [6.07, 6.45) is 0.886. The third kappa shape index (κ3) is 12.1. The second kappa shape index (κ2) is 15.7. The van der Waals surface area contributed by atoms with E-state index in [2.05, 4.69) is 20.9 Å². The van der Waals surface area contributed by atoms with E-state index in [0.29, 0.717) is 38.5 Å². The van der Waals surface area contributed by atoms with Gasteiger partial charge in [-0.25, -0.2) is 4.99 Å². The monoisotopic (exact) mass is 407 g/mol. The van der Waals surface area contributed by atoms with Crippen LogP contribution < -0.4 is 16.0 Å². The van der Waals surface area contributed by atoms with Crippen LogP contribution in [0.3, 0.4) is 0 Å². The summed E-state index contributed by atoms with van der Waals surface area (Å²) in [6, 6.07) is 7.59. The molecule has 0 bridgehead atoms. The van der Waals surface area contributed by atoms with Crippen LogP contribution >= 0.6 is 0 Å². The van der Waals surface area contributed by atoms with Crippen molar-refractivity contribution in [1.29, 1.82) is 0 Å². The largest absolute Gasteiger partial charge is 0.382 e. The summed E-state index contributed by atoms with van der Waals surface area (Å²) < 4.78 is 10.4. The van der Waals surface area contributed by atoms with Crippen molar-refractivity contribution in [1.82, 2.24) is 20.9 Å². The smallest absolute Gasteiger partial charge is 0.251 e. The Hall–Kier alpha value is -2.16. The average Bonchev–Trinajstić information content (AvgIpc) is 2.71. The first kappa shape index (κ1) is 24.9. The molecule has 0 unspecified atom stereocenters. The van der Waals surface area contributed by atoms with Crippen molar-refractivity contribution in [3.63, 3.8) is 0 Å². The van der Waals surface area contributed by atoms with Crippen molar-refractivity contribution < 1.29 is 14.3 Å². The van der Waals surface area contributed by atoms with Crippen LogP contribution in [-0.4, -0.2) is 84.0 Å². The number of ether oxygens (including phenoxy) is 2. The van der Waals surface area contributed by atoms with Gasteiger partial charge in [0.25, 0.3) is 5.91 Å². The lowest BCUT2D eigenvalue weighted by atomic mass is 10.1. The minimum absolute atomic E-state index is 0.0591. The Kier molecular flexibility index (Phi) is 13.5. The SMILES string of the molecule is CCNC(=NCc1cccc(C(=O)NCCN(C)C)c1)NCCCOCCOC. The number of methoxy groups -OCH3 is 1. The lowest BCUT2D eigenvalue weighted by Crippen LogP contribution is -2.38. The van der Waals surface area contributed by atoms with E-state index in [0.717, 1.165) is 37.6 Å². The summed E-state index contributed by atoms with van der Waals surface area (Å²) in [4.78, 5) is 18.9. The third-order valence-electron chi connectivity index (χ3n) is 3.99. The number of benzene rings is 1. The number of carbonyl (C=O) groups is 1. The number of aliphatic imine (C=N–C) groups is 1. The van der Waals surface area contributed by atoms with Gasteiger partial charge in [0.2, 0.25) is 0 Å². The van der Waals surface area contributed by atoms with Gasteiger partial charge >= 0.3 is 0 Å². The van der Waals surface area contributed by atoms with Crippen molar-refractivity contribution in [3.05, 3.63) is 35.4 Å². The Morgan fingerprint density at radius 2 is 1.93 bits per heavy atom. The summed E-state index contributed by atoms with van der Waals surface area (Å²) in [5, 5.41) is 9.47. The van der Waals surface area contributed by atoms with E-state index in [1.54, 1.807) is 7.11 Å². The molecule has 8 nitrogen and oxygen atoms in total. The molecule has 0 aliphatic carbocycles. The molecule has 29 heavy (non-hydrogen) atoms. The Morgan fingerprint density at radius 3 is 2.66 bits per heavy atom. The molecule has 0 saturated heterocycles. The van der Waals surface area contributed by atoms with Gasteiger partial charge in [0.05, 0.1) is 19.8 Å². The van der Waals surface area contributed by atoms with Crippen molar-refractivity contribution in [2.75, 3.05) is 67.2 Å². The number of nitrogens with one attached hydrogen (secondary N) is 3. The standard InChI is InChI=1S/C21H37N5O3/c1-5-22-21(24-10-7-13-29-15-14-28-4)25-17-18-8-6-9-19(16-18)20(27)23-11-12-26(2)3/h6,8-9,16H,5,7,10-15,17H2,1-4H3,(H,23,27)(H2,22,24,25). The maximum Gasteiger partial charge on any atom is 0.251 e. The maximum absolute atomic E-state index is 12.3. The molecule has 0 aliphatic rings. The average molecular weight is 408 g/mol.